The van der Waals surface area contributed by atoms with Crippen LogP contribution in [0.3, 0.4) is 0 Å². The molecule has 2 aromatic heterocycles. The Morgan fingerprint density at radius 1 is 1.48 bits per heavy atom. The van der Waals surface area contributed by atoms with Crippen LogP contribution >= 0.6 is 11.8 Å². The standard InChI is InChI=1S/C18H25N5O3S/c1-13-3-4-14(26-13)12-23-9-6-20-17(25)15(23)11-16(24)19-7-10-27-18-21-5-8-22(18)2/h3-5,8,15H,6-7,9-12H2,1-2H3,(H,19,24)(H,20,25)/t15-/m0/s1. The van der Waals surface area contributed by atoms with Gasteiger partial charge in [-0.3, -0.25) is 14.5 Å². The molecule has 1 fully saturated rings. The van der Waals surface area contributed by atoms with E-state index >= 15 is 0 Å². The van der Waals surface area contributed by atoms with Crippen LogP contribution < -0.4 is 10.6 Å². The number of carbonyl (C=O) groups excluding carboxylic acids is 2. The fraction of sp³-hybridized carbons (Fsp3) is 0.500. The zero-order valence-corrected chi connectivity index (χ0v) is 16.4. The highest BCUT2D eigenvalue weighted by molar-refractivity contribution is 7.99. The number of nitrogens with zero attached hydrogens (tertiary/aromatic N) is 3. The first kappa shape index (κ1) is 19.5. The molecule has 0 spiro atoms. The molecule has 0 unspecified atom stereocenters. The van der Waals surface area contributed by atoms with Crippen molar-refractivity contribution in [2.75, 3.05) is 25.4 Å². The van der Waals surface area contributed by atoms with E-state index in [1.54, 1.807) is 18.0 Å². The average molecular weight is 391 g/mol. The van der Waals surface area contributed by atoms with Crippen molar-refractivity contribution in [3.63, 3.8) is 0 Å². The van der Waals surface area contributed by atoms with Crippen LogP contribution in [-0.2, 0) is 23.2 Å². The maximum Gasteiger partial charge on any atom is 0.237 e. The molecule has 146 valence electrons. The van der Waals surface area contributed by atoms with E-state index in [1.807, 2.05) is 41.8 Å². The van der Waals surface area contributed by atoms with E-state index in [2.05, 4.69) is 15.6 Å². The third kappa shape index (κ3) is 5.36. The van der Waals surface area contributed by atoms with E-state index in [0.717, 1.165) is 22.4 Å². The van der Waals surface area contributed by atoms with Crippen LogP contribution in [0, 0.1) is 6.92 Å². The molecular weight excluding hydrogens is 366 g/mol. The molecule has 1 atom stereocenters. The third-order valence-electron chi connectivity index (χ3n) is 4.41. The predicted molar refractivity (Wildman–Crippen MR) is 102 cm³/mol. The quantitative estimate of drug-likeness (QED) is 0.514. The van der Waals surface area contributed by atoms with Crippen LogP contribution in [0.4, 0.5) is 0 Å². The molecule has 0 aromatic carbocycles. The maximum absolute atomic E-state index is 12.3. The number of hydrogen-bond acceptors (Lipinski definition) is 6. The van der Waals surface area contributed by atoms with Crippen molar-refractivity contribution in [3.05, 3.63) is 36.0 Å². The van der Waals surface area contributed by atoms with E-state index in [0.29, 0.717) is 26.2 Å². The molecule has 9 heteroatoms. The lowest BCUT2D eigenvalue weighted by molar-refractivity contribution is -0.134. The van der Waals surface area contributed by atoms with Crippen LogP contribution in [0.5, 0.6) is 0 Å². The van der Waals surface area contributed by atoms with Gasteiger partial charge in [0.05, 0.1) is 19.0 Å². The van der Waals surface area contributed by atoms with Crippen LogP contribution in [-0.4, -0.2) is 57.7 Å². The molecule has 8 nitrogen and oxygen atoms in total. The minimum atomic E-state index is -0.480. The van der Waals surface area contributed by atoms with E-state index < -0.39 is 6.04 Å². The van der Waals surface area contributed by atoms with Gasteiger partial charge in [0.2, 0.25) is 11.8 Å². The number of aromatic nitrogens is 2. The highest BCUT2D eigenvalue weighted by Gasteiger charge is 2.32. The van der Waals surface area contributed by atoms with Crippen molar-refractivity contribution >= 4 is 23.6 Å². The van der Waals surface area contributed by atoms with Gasteiger partial charge in [-0.2, -0.15) is 0 Å². The third-order valence-corrected chi connectivity index (χ3v) is 5.47. The molecule has 1 saturated heterocycles. The number of aryl methyl sites for hydroxylation is 2. The molecule has 0 radical (unpaired) electrons. The molecule has 2 amide bonds. The molecule has 3 heterocycles. The Balaban J connectivity index is 1.47. The summed E-state index contributed by atoms with van der Waals surface area (Å²) in [7, 11) is 1.94. The predicted octanol–water partition coefficient (Wildman–Crippen LogP) is 0.921. The van der Waals surface area contributed by atoms with E-state index in [9.17, 15) is 9.59 Å². The number of rotatable bonds is 8. The lowest BCUT2D eigenvalue weighted by Crippen LogP contribution is -2.56. The second-order valence-corrected chi connectivity index (χ2v) is 7.57. The number of carbonyl (C=O) groups is 2. The molecule has 3 rings (SSSR count). The Hall–Kier alpha value is -2.26. The number of thioether (sulfide) groups is 1. The summed E-state index contributed by atoms with van der Waals surface area (Å²) in [5.74, 6) is 2.13. The summed E-state index contributed by atoms with van der Waals surface area (Å²) in [5.41, 5.74) is 0. The number of nitrogens with one attached hydrogen (secondary N) is 2. The van der Waals surface area contributed by atoms with Gasteiger partial charge in [0.1, 0.15) is 11.5 Å². The van der Waals surface area contributed by atoms with E-state index in [4.69, 9.17) is 4.42 Å². The fourth-order valence-electron chi connectivity index (χ4n) is 3.02. The summed E-state index contributed by atoms with van der Waals surface area (Å²) in [4.78, 5) is 30.8. The topological polar surface area (TPSA) is 92.4 Å². The van der Waals surface area contributed by atoms with Crippen molar-refractivity contribution in [1.82, 2.24) is 25.1 Å². The second kappa shape index (κ2) is 9.09. The average Bonchev–Trinajstić information content (AvgIpc) is 3.23. The van der Waals surface area contributed by atoms with Gasteiger partial charge in [-0.25, -0.2) is 4.98 Å². The Labute approximate surface area is 162 Å². The summed E-state index contributed by atoms with van der Waals surface area (Å²) < 4.78 is 7.55. The van der Waals surface area contributed by atoms with Crippen LogP contribution in [0.15, 0.2) is 34.1 Å². The van der Waals surface area contributed by atoms with Gasteiger partial charge in [0.25, 0.3) is 0 Å². The summed E-state index contributed by atoms with van der Waals surface area (Å²) in [5, 5.41) is 6.65. The number of piperazine rings is 1. The molecule has 0 aliphatic carbocycles. The van der Waals surface area contributed by atoms with Gasteiger partial charge >= 0.3 is 0 Å². The van der Waals surface area contributed by atoms with Gasteiger partial charge in [-0.15, -0.1) is 0 Å². The molecule has 2 N–H and O–H groups in total. The van der Waals surface area contributed by atoms with Crippen molar-refractivity contribution in [1.29, 1.82) is 0 Å². The van der Waals surface area contributed by atoms with Gasteiger partial charge in [0, 0.05) is 44.8 Å². The number of imidazole rings is 1. The van der Waals surface area contributed by atoms with Crippen LogP contribution in [0.2, 0.25) is 0 Å². The van der Waals surface area contributed by atoms with Crippen molar-refractivity contribution in [3.8, 4) is 0 Å². The monoisotopic (exact) mass is 391 g/mol. The molecular formula is C18H25N5O3S. The largest absolute Gasteiger partial charge is 0.465 e. The summed E-state index contributed by atoms with van der Waals surface area (Å²) in [6.45, 7) is 4.21. The van der Waals surface area contributed by atoms with Gasteiger partial charge in [0.15, 0.2) is 5.16 Å². The minimum Gasteiger partial charge on any atom is -0.465 e. The Bertz CT molecular complexity index is 788. The molecule has 0 saturated carbocycles. The zero-order chi connectivity index (χ0) is 19.2. The Morgan fingerprint density at radius 2 is 2.33 bits per heavy atom. The lowest BCUT2D eigenvalue weighted by atomic mass is 10.1. The lowest BCUT2D eigenvalue weighted by Gasteiger charge is -2.34. The van der Waals surface area contributed by atoms with E-state index in [1.165, 1.54) is 0 Å². The van der Waals surface area contributed by atoms with Crippen molar-refractivity contribution in [2.24, 2.45) is 7.05 Å². The van der Waals surface area contributed by atoms with Crippen LogP contribution in [0.1, 0.15) is 17.9 Å². The summed E-state index contributed by atoms with van der Waals surface area (Å²) in [6.07, 6.45) is 3.77. The highest BCUT2D eigenvalue weighted by Crippen LogP contribution is 2.16. The van der Waals surface area contributed by atoms with Crippen molar-refractivity contribution < 1.29 is 14.0 Å². The smallest absolute Gasteiger partial charge is 0.237 e. The Kier molecular flexibility index (Phi) is 6.57. The van der Waals surface area contributed by atoms with E-state index in [-0.39, 0.29) is 18.2 Å². The summed E-state index contributed by atoms with van der Waals surface area (Å²) >= 11 is 1.58. The molecule has 2 aromatic rings. The highest BCUT2D eigenvalue weighted by atomic mass is 32.2. The first-order valence-electron chi connectivity index (χ1n) is 8.97. The van der Waals surface area contributed by atoms with Gasteiger partial charge in [-0.05, 0) is 19.1 Å². The number of amides is 2. The Morgan fingerprint density at radius 3 is 3.04 bits per heavy atom. The fourth-order valence-corrected chi connectivity index (χ4v) is 3.80. The van der Waals surface area contributed by atoms with Crippen molar-refractivity contribution in [2.45, 2.75) is 31.1 Å². The second-order valence-electron chi connectivity index (χ2n) is 6.51. The molecule has 1 aliphatic heterocycles. The van der Waals surface area contributed by atoms with Crippen LogP contribution in [0.25, 0.3) is 0 Å². The van der Waals surface area contributed by atoms with Gasteiger partial charge < -0.3 is 19.6 Å². The minimum absolute atomic E-state index is 0.109. The van der Waals surface area contributed by atoms with Gasteiger partial charge in [-0.1, -0.05) is 11.8 Å². The summed E-state index contributed by atoms with van der Waals surface area (Å²) in [6, 6.07) is 3.33. The molecule has 1 aliphatic rings. The number of hydrogen-bond donors (Lipinski definition) is 2. The first-order valence-corrected chi connectivity index (χ1v) is 9.95. The number of furan rings is 1. The SMILES string of the molecule is Cc1ccc(CN2CCNC(=O)[C@@H]2CC(=O)NCCSc2nccn2C)o1. The maximum atomic E-state index is 12.3. The molecule has 0 bridgehead atoms. The normalized spacial score (nSPS) is 17.7. The molecule has 27 heavy (non-hydrogen) atoms. The zero-order valence-electron chi connectivity index (χ0n) is 15.6. The first-order chi connectivity index (χ1) is 13.0.